The lowest BCUT2D eigenvalue weighted by atomic mass is 10.1. The zero-order valence-corrected chi connectivity index (χ0v) is 9.49. The van der Waals surface area contributed by atoms with Gasteiger partial charge in [0.15, 0.2) is 0 Å². The molecule has 6 heteroatoms. The van der Waals surface area contributed by atoms with Crippen LogP contribution >= 0.6 is 0 Å². The maximum atomic E-state index is 11.5. The smallest absolute Gasteiger partial charge is 0.313 e. The molecule has 0 unspecified atom stereocenters. The predicted octanol–water partition coefficient (Wildman–Crippen LogP) is -0.0366. The molecule has 0 aliphatic rings. The van der Waals surface area contributed by atoms with E-state index in [4.69, 9.17) is 0 Å². The van der Waals surface area contributed by atoms with Crippen LogP contribution in [0.1, 0.15) is 12.5 Å². The van der Waals surface area contributed by atoms with Crippen LogP contribution in [0.3, 0.4) is 0 Å². The maximum absolute atomic E-state index is 11.5. The topological polar surface area (TPSA) is 82.7 Å². The molecule has 1 heterocycles. The van der Waals surface area contributed by atoms with Gasteiger partial charge in [0.1, 0.15) is 0 Å². The molecular formula is C11H14N4O2. The van der Waals surface area contributed by atoms with Gasteiger partial charge in [-0.1, -0.05) is 25.1 Å². The molecular weight excluding hydrogens is 220 g/mol. The molecule has 0 atom stereocenters. The van der Waals surface area contributed by atoms with Gasteiger partial charge in [0.25, 0.3) is 0 Å². The molecule has 1 aromatic heterocycles. The fourth-order valence-corrected chi connectivity index (χ4v) is 1.67. The quantitative estimate of drug-likeness (QED) is 0.694. The van der Waals surface area contributed by atoms with Crippen LogP contribution < -0.4 is 16.7 Å². The van der Waals surface area contributed by atoms with Gasteiger partial charge in [-0.3, -0.25) is 0 Å². The van der Waals surface area contributed by atoms with Gasteiger partial charge in [-0.05, 0) is 18.2 Å². The van der Waals surface area contributed by atoms with Crippen LogP contribution in [-0.2, 0) is 6.54 Å². The number of aromatic nitrogens is 3. The largest absolute Gasteiger partial charge is 0.348 e. The van der Waals surface area contributed by atoms with Crippen LogP contribution in [0, 0.1) is 0 Å². The number of H-pyrrole nitrogens is 2. The fourth-order valence-electron chi connectivity index (χ4n) is 1.67. The molecule has 0 aliphatic carbocycles. The highest BCUT2D eigenvalue weighted by atomic mass is 16.2. The highest BCUT2D eigenvalue weighted by Crippen LogP contribution is 2.10. The Labute approximate surface area is 97.3 Å². The number of nitrogens with one attached hydrogen (secondary N) is 3. The third-order valence-corrected chi connectivity index (χ3v) is 2.48. The highest BCUT2D eigenvalue weighted by Gasteiger charge is 2.09. The van der Waals surface area contributed by atoms with Gasteiger partial charge in [0, 0.05) is 6.54 Å². The van der Waals surface area contributed by atoms with E-state index in [-0.39, 0.29) is 0 Å². The molecule has 0 fully saturated rings. The first-order valence-electron chi connectivity index (χ1n) is 5.42. The molecule has 2 rings (SSSR count). The normalized spacial score (nSPS) is 10.6. The van der Waals surface area contributed by atoms with E-state index >= 15 is 0 Å². The first kappa shape index (κ1) is 11.4. The number of rotatable bonds is 4. The molecule has 1 aromatic carbocycles. The lowest BCUT2D eigenvalue weighted by Gasteiger charge is -2.08. The van der Waals surface area contributed by atoms with Gasteiger partial charge in [-0.2, -0.15) is 0 Å². The molecule has 0 amide bonds. The van der Waals surface area contributed by atoms with Gasteiger partial charge in [0.2, 0.25) is 0 Å². The second kappa shape index (κ2) is 4.84. The summed E-state index contributed by atoms with van der Waals surface area (Å²) in [4.78, 5) is 23.0. The number of hydrogen-bond acceptors (Lipinski definition) is 3. The molecule has 17 heavy (non-hydrogen) atoms. The lowest BCUT2D eigenvalue weighted by Crippen LogP contribution is -2.26. The van der Waals surface area contributed by atoms with Crippen molar-refractivity contribution >= 4 is 0 Å². The van der Waals surface area contributed by atoms with Crippen molar-refractivity contribution in [3.63, 3.8) is 0 Å². The zero-order valence-electron chi connectivity index (χ0n) is 9.49. The van der Waals surface area contributed by atoms with E-state index in [1.165, 1.54) is 0 Å². The Morgan fingerprint density at radius 3 is 2.47 bits per heavy atom. The minimum Gasteiger partial charge on any atom is -0.313 e. The Hall–Kier alpha value is -2.08. The summed E-state index contributed by atoms with van der Waals surface area (Å²) in [5.41, 5.74) is 0.584. The summed E-state index contributed by atoms with van der Waals surface area (Å²) in [6.45, 7) is 3.44. The Morgan fingerprint density at radius 2 is 1.82 bits per heavy atom. The van der Waals surface area contributed by atoms with Crippen LogP contribution in [0.15, 0.2) is 33.9 Å². The molecule has 0 bridgehead atoms. The van der Waals surface area contributed by atoms with Gasteiger partial charge in [-0.15, -0.1) is 0 Å². The van der Waals surface area contributed by atoms with Crippen LogP contribution in [-0.4, -0.2) is 21.3 Å². The zero-order chi connectivity index (χ0) is 12.3. The van der Waals surface area contributed by atoms with E-state index in [0.717, 1.165) is 16.7 Å². The van der Waals surface area contributed by atoms with Gasteiger partial charge >= 0.3 is 11.4 Å². The van der Waals surface area contributed by atoms with Crippen molar-refractivity contribution in [1.82, 2.24) is 20.1 Å². The minimum atomic E-state index is -0.459. The van der Waals surface area contributed by atoms with Gasteiger partial charge in [-0.25, -0.2) is 24.4 Å². The van der Waals surface area contributed by atoms with E-state index < -0.39 is 11.4 Å². The van der Waals surface area contributed by atoms with Crippen molar-refractivity contribution in [3.8, 4) is 5.69 Å². The van der Waals surface area contributed by atoms with E-state index in [9.17, 15) is 9.59 Å². The average molecular weight is 234 g/mol. The molecule has 90 valence electrons. The molecule has 6 nitrogen and oxygen atoms in total. The van der Waals surface area contributed by atoms with Crippen LogP contribution in [0.5, 0.6) is 0 Å². The molecule has 0 aliphatic heterocycles. The Kier molecular flexibility index (Phi) is 3.24. The van der Waals surface area contributed by atoms with Crippen molar-refractivity contribution in [3.05, 3.63) is 50.8 Å². The summed E-state index contributed by atoms with van der Waals surface area (Å²) >= 11 is 0. The number of hydrogen-bond donors (Lipinski definition) is 3. The Bertz CT molecular complexity index is 581. The van der Waals surface area contributed by atoms with E-state index in [1.807, 2.05) is 19.1 Å². The molecule has 0 spiro atoms. The SMILES string of the molecule is CCNCc1ccccc1-n1c(=O)[nH][nH]c1=O. The van der Waals surface area contributed by atoms with Crippen LogP contribution in [0.2, 0.25) is 0 Å². The monoisotopic (exact) mass is 234 g/mol. The fraction of sp³-hybridized carbons (Fsp3) is 0.273. The highest BCUT2D eigenvalue weighted by molar-refractivity contribution is 5.40. The second-order valence-electron chi connectivity index (χ2n) is 3.60. The summed E-state index contributed by atoms with van der Waals surface area (Å²) in [6.07, 6.45) is 0. The van der Waals surface area contributed by atoms with Gasteiger partial charge < -0.3 is 5.32 Å². The Balaban J connectivity index is 2.52. The molecule has 0 saturated heterocycles. The van der Waals surface area contributed by atoms with Crippen molar-refractivity contribution in [1.29, 1.82) is 0 Å². The van der Waals surface area contributed by atoms with Crippen LogP contribution in [0.4, 0.5) is 0 Å². The molecule has 3 N–H and O–H groups in total. The first-order valence-corrected chi connectivity index (χ1v) is 5.42. The van der Waals surface area contributed by atoms with Crippen molar-refractivity contribution in [2.24, 2.45) is 0 Å². The number of aromatic amines is 2. The molecule has 2 aromatic rings. The summed E-state index contributed by atoms with van der Waals surface area (Å²) in [7, 11) is 0. The summed E-state index contributed by atoms with van der Waals surface area (Å²) < 4.78 is 1.09. The van der Waals surface area contributed by atoms with E-state index in [1.54, 1.807) is 12.1 Å². The van der Waals surface area contributed by atoms with E-state index in [0.29, 0.717) is 12.2 Å². The summed E-state index contributed by atoms with van der Waals surface area (Å²) in [6, 6.07) is 7.31. The standard InChI is InChI=1S/C11H14N4O2/c1-2-12-7-8-5-3-4-6-9(8)15-10(16)13-14-11(15)17/h3-6,12H,2,7H2,1H3,(H,13,16)(H,14,17). The van der Waals surface area contributed by atoms with Crippen molar-refractivity contribution in [2.75, 3.05) is 6.54 Å². The third-order valence-electron chi connectivity index (χ3n) is 2.48. The van der Waals surface area contributed by atoms with Crippen molar-refractivity contribution < 1.29 is 0 Å². The Morgan fingerprint density at radius 1 is 1.18 bits per heavy atom. The molecule has 0 radical (unpaired) electrons. The van der Waals surface area contributed by atoms with Gasteiger partial charge in [0.05, 0.1) is 5.69 Å². The summed E-state index contributed by atoms with van der Waals surface area (Å²) in [5.74, 6) is 0. The molecule has 0 saturated carbocycles. The second-order valence-corrected chi connectivity index (χ2v) is 3.60. The summed E-state index contributed by atoms with van der Waals surface area (Å²) in [5, 5.41) is 7.70. The first-order chi connectivity index (χ1) is 8.24. The lowest BCUT2D eigenvalue weighted by molar-refractivity contribution is 0.720. The number of para-hydroxylation sites is 1. The maximum Gasteiger partial charge on any atom is 0.348 e. The average Bonchev–Trinajstić information content (AvgIpc) is 2.67. The van der Waals surface area contributed by atoms with Crippen LogP contribution in [0.25, 0.3) is 5.69 Å². The predicted molar refractivity (Wildman–Crippen MR) is 64.4 cm³/mol. The number of nitrogens with zero attached hydrogens (tertiary/aromatic N) is 1. The van der Waals surface area contributed by atoms with Crippen molar-refractivity contribution in [2.45, 2.75) is 13.5 Å². The minimum absolute atomic E-state index is 0.459. The third kappa shape index (κ3) is 2.21. The van der Waals surface area contributed by atoms with E-state index in [2.05, 4.69) is 15.5 Å². The number of benzene rings is 1.